The molecule has 55 heavy (non-hydrogen) atoms. The molecule has 2 atom stereocenters. The Morgan fingerprint density at radius 2 is 1.67 bits per heavy atom. The van der Waals surface area contributed by atoms with E-state index in [9.17, 15) is 14.4 Å². The van der Waals surface area contributed by atoms with Gasteiger partial charge >= 0.3 is 0 Å². The topological polar surface area (TPSA) is 96.8 Å². The van der Waals surface area contributed by atoms with Crippen LogP contribution in [0.2, 0.25) is 5.02 Å². The molecule has 0 saturated carbocycles. The Labute approximate surface area is 324 Å². The van der Waals surface area contributed by atoms with Crippen LogP contribution in [0.15, 0.2) is 53.3 Å². The van der Waals surface area contributed by atoms with Crippen molar-refractivity contribution in [3.63, 3.8) is 0 Å². The summed E-state index contributed by atoms with van der Waals surface area (Å²) in [5.74, 6) is -1.89. The highest BCUT2D eigenvalue weighted by atomic mass is 35.5. The van der Waals surface area contributed by atoms with Crippen molar-refractivity contribution in [2.24, 2.45) is 5.92 Å². The second kappa shape index (κ2) is 13.8. The number of ether oxygens (including phenoxy) is 1. The van der Waals surface area contributed by atoms with Crippen LogP contribution in [0.4, 0.5) is 14.5 Å². The second-order valence-corrected chi connectivity index (χ2v) is 17.3. The Hall–Kier alpha value is -4.19. The van der Waals surface area contributed by atoms with Crippen molar-refractivity contribution in [3.05, 3.63) is 98.1 Å². The summed E-state index contributed by atoms with van der Waals surface area (Å²) < 4.78 is 39.2. The summed E-state index contributed by atoms with van der Waals surface area (Å²) in [5.41, 5.74) is 3.68. The van der Waals surface area contributed by atoms with Crippen molar-refractivity contribution >= 4 is 40.0 Å². The van der Waals surface area contributed by atoms with Gasteiger partial charge in [-0.15, -0.1) is 0 Å². The van der Waals surface area contributed by atoms with Crippen LogP contribution < -0.4 is 15.8 Å². The van der Waals surface area contributed by atoms with Gasteiger partial charge in [-0.2, -0.15) is 4.98 Å². The lowest BCUT2D eigenvalue weighted by atomic mass is 9.81. The molecule has 6 heterocycles. The van der Waals surface area contributed by atoms with Gasteiger partial charge < -0.3 is 14.5 Å². The Bertz CT molecular complexity index is 2240. The normalized spacial score (nSPS) is 23.9. The number of carbonyl (C=O) groups excluding carboxylic acids is 2. The van der Waals surface area contributed by atoms with Crippen LogP contribution in [-0.2, 0) is 19.7 Å². The number of anilines is 1. The van der Waals surface area contributed by atoms with Gasteiger partial charge in [0.25, 0.3) is 5.56 Å². The number of piperidine rings is 3. The van der Waals surface area contributed by atoms with E-state index >= 15 is 8.78 Å². The van der Waals surface area contributed by atoms with Gasteiger partial charge in [0.1, 0.15) is 17.5 Å². The third-order valence-electron chi connectivity index (χ3n) is 13.3. The number of carbonyl (C=O) groups is 2. The zero-order valence-corrected chi connectivity index (χ0v) is 32.1. The minimum Gasteiger partial charge on any atom is -0.375 e. The molecule has 2 unspecified atom stereocenters. The lowest BCUT2D eigenvalue weighted by Gasteiger charge is -2.47. The highest BCUT2D eigenvalue weighted by Gasteiger charge is 2.42. The lowest BCUT2D eigenvalue weighted by Crippen LogP contribution is -2.50. The van der Waals surface area contributed by atoms with Gasteiger partial charge in [0.15, 0.2) is 0 Å². The number of rotatable bonds is 5. The summed E-state index contributed by atoms with van der Waals surface area (Å²) in [5, 5.41) is 3.08. The Kier molecular flexibility index (Phi) is 9.13. The number of benzene rings is 3. The highest BCUT2D eigenvalue weighted by molar-refractivity contribution is 6.35. The highest BCUT2D eigenvalue weighted by Crippen LogP contribution is 2.45. The number of aromatic nitrogens is 2. The second-order valence-electron chi connectivity index (χ2n) is 16.9. The maximum absolute atomic E-state index is 15.2. The molecule has 4 fully saturated rings. The molecule has 0 aliphatic carbocycles. The molecular weight excluding hydrogens is 724 g/mol. The first-order valence-electron chi connectivity index (χ1n) is 19.7. The summed E-state index contributed by atoms with van der Waals surface area (Å²) in [6.07, 6.45) is 5.98. The standard InChI is InChI=1S/C43H46ClF2N5O4/c1-42(2)30-8-6-27(20-35(30)51-34-5-3-4-31(44)38(34)40(54)48-41(42)51)26-11-16-49(17-12-26)23-25-10-13-43(55-24-25)14-18-50(19-15-43)28-21-32(45)37(33(46)22-28)29-7-9-36(52)47-39(29)53/h3-6,8,20-22,25-26,29H,7,9-19,23-24H2,1-2H3,(H,47,52,53). The van der Waals surface area contributed by atoms with E-state index in [4.69, 9.17) is 16.3 Å². The van der Waals surface area contributed by atoms with Gasteiger partial charge in [-0.1, -0.05) is 29.8 Å². The van der Waals surface area contributed by atoms with E-state index in [1.165, 1.54) is 17.7 Å². The zero-order chi connectivity index (χ0) is 38.2. The smallest absolute Gasteiger partial charge is 0.282 e. The van der Waals surface area contributed by atoms with Gasteiger partial charge in [-0.3, -0.25) is 24.3 Å². The van der Waals surface area contributed by atoms with Gasteiger partial charge in [0.05, 0.1) is 45.2 Å². The molecule has 4 saturated heterocycles. The van der Waals surface area contributed by atoms with Crippen LogP contribution in [0.5, 0.6) is 0 Å². The van der Waals surface area contributed by atoms with Crippen LogP contribution in [0.3, 0.4) is 0 Å². The van der Waals surface area contributed by atoms with Crippen molar-refractivity contribution in [3.8, 4) is 5.69 Å². The van der Waals surface area contributed by atoms with Crippen molar-refractivity contribution in [1.29, 1.82) is 0 Å². The van der Waals surface area contributed by atoms with Crippen molar-refractivity contribution in [1.82, 2.24) is 19.8 Å². The number of halogens is 3. The summed E-state index contributed by atoms with van der Waals surface area (Å²) in [6, 6.07) is 15.0. The molecule has 0 radical (unpaired) electrons. The minimum absolute atomic E-state index is 0.0643. The fraction of sp³-hybridized carbons (Fsp3) is 0.488. The van der Waals surface area contributed by atoms with Crippen molar-refractivity contribution in [2.75, 3.05) is 44.2 Å². The monoisotopic (exact) mass is 769 g/mol. The molecule has 2 amide bonds. The molecule has 12 heteroatoms. The molecule has 5 aliphatic heterocycles. The first-order chi connectivity index (χ1) is 26.4. The Balaban J connectivity index is 0.792. The number of likely N-dealkylation sites (tertiary alicyclic amines) is 1. The van der Waals surface area contributed by atoms with Crippen LogP contribution in [0.1, 0.15) is 99.6 Å². The molecule has 0 bridgehead atoms. The number of imide groups is 1. The summed E-state index contributed by atoms with van der Waals surface area (Å²) in [6.45, 7) is 9.33. The molecule has 288 valence electrons. The van der Waals surface area contributed by atoms with Gasteiger partial charge in [0, 0.05) is 37.3 Å². The average molecular weight is 770 g/mol. The van der Waals surface area contributed by atoms with E-state index in [0.29, 0.717) is 41.0 Å². The summed E-state index contributed by atoms with van der Waals surface area (Å²) in [7, 11) is 0. The number of hydrogen-bond acceptors (Lipinski definition) is 7. The van der Waals surface area contributed by atoms with Gasteiger partial charge in [0.2, 0.25) is 11.8 Å². The SMILES string of the molecule is CC1(C)c2ccc(C3CCN(CC4CCC5(CCN(c6cc(F)c(C7CCC(=O)NC7=O)c(F)c6)CC5)OC4)CC3)cc2-n2c1nc(=O)c1c(Cl)cccc12. The van der Waals surface area contributed by atoms with E-state index in [1.807, 2.05) is 17.0 Å². The molecular formula is C43H46ClF2N5O4. The predicted molar refractivity (Wildman–Crippen MR) is 207 cm³/mol. The number of amides is 2. The van der Waals surface area contributed by atoms with Gasteiger partial charge in [-0.25, -0.2) is 8.78 Å². The predicted octanol–water partition coefficient (Wildman–Crippen LogP) is 7.12. The largest absolute Gasteiger partial charge is 0.375 e. The molecule has 9 rings (SSSR count). The quantitative estimate of drug-likeness (QED) is 0.216. The third-order valence-corrected chi connectivity index (χ3v) is 13.6. The summed E-state index contributed by atoms with van der Waals surface area (Å²) in [4.78, 5) is 46.0. The van der Waals surface area contributed by atoms with E-state index in [0.717, 1.165) is 87.4 Å². The Morgan fingerprint density at radius 1 is 0.927 bits per heavy atom. The molecule has 9 nitrogen and oxygen atoms in total. The van der Waals surface area contributed by atoms with Crippen molar-refractivity contribution in [2.45, 2.75) is 88.1 Å². The summed E-state index contributed by atoms with van der Waals surface area (Å²) >= 11 is 6.50. The van der Waals surface area contributed by atoms with E-state index in [-0.39, 0.29) is 29.6 Å². The molecule has 3 aromatic carbocycles. The third kappa shape index (κ3) is 6.36. The fourth-order valence-corrected chi connectivity index (χ4v) is 10.3. The van der Waals surface area contributed by atoms with E-state index in [2.05, 4.69) is 51.8 Å². The zero-order valence-electron chi connectivity index (χ0n) is 31.3. The number of hydrogen-bond donors (Lipinski definition) is 1. The maximum Gasteiger partial charge on any atom is 0.282 e. The average Bonchev–Trinajstić information content (AvgIpc) is 3.39. The molecule has 5 aliphatic rings. The maximum atomic E-state index is 15.2. The molecule has 1 aromatic heterocycles. The minimum atomic E-state index is -1.00. The van der Waals surface area contributed by atoms with Gasteiger partial charge in [-0.05, 0) is 125 Å². The number of fused-ring (bicyclic) bond motifs is 5. The molecule has 1 N–H and O–H groups in total. The first kappa shape index (κ1) is 36.4. The van der Waals surface area contributed by atoms with Crippen LogP contribution in [0, 0.1) is 17.6 Å². The van der Waals surface area contributed by atoms with Crippen molar-refractivity contribution < 1.29 is 23.1 Å². The lowest BCUT2D eigenvalue weighted by molar-refractivity contribution is -0.134. The van der Waals surface area contributed by atoms with E-state index < -0.39 is 34.8 Å². The molecule has 1 spiro atoms. The van der Waals surface area contributed by atoms with Crippen LogP contribution >= 0.6 is 11.6 Å². The molecule has 4 aromatic rings. The number of nitrogens with one attached hydrogen (secondary N) is 1. The first-order valence-corrected chi connectivity index (χ1v) is 20.1. The fourth-order valence-electron chi connectivity index (χ4n) is 10.0. The number of nitrogens with zero attached hydrogens (tertiary/aromatic N) is 4. The van der Waals surface area contributed by atoms with E-state index in [1.54, 1.807) is 6.07 Å². The Morgan fingerprint density at radius 3 is 2.36 bits per heavy atom. The van der Waals surface area contributed by atoms with Crippen LogP contribution in [-0.4, -0.2) is 71.2 Å². The van der Waals surface area contributed by atoms with Crippen LogP contribution in [0.25, 0.3) is 16.6 Å².